The summed E-state index contributed by atoms with van der Waals surface area (Å²) in [6, 6.07) is 24.8. The molecular formula is C33H26O6. The molecule has 4 aromatic carbocycles. The van der Waals surface area contributed by atoms with E-state index in [1.807, 2.05) is 30.3 Å². The topological polar surface area (TPSA) is 93.1 Å². The highest BCUT2D eigenvalue weighted by molar-refractivity contribution is 5.95. The third-order valence-corrected chi connectivity index (χ3v) is 6.81. The minimum atomic E-state index is -1.08. The fourth-order valence-electron chi connectivity index (χ4n) is 5.08. The largest absolute Gasteiger partial charge is 0.508 e. The van der Waals surface area contributed by atoms with E-state index >= 15 is 0 Å². The first-order chi connectivity index (χ1) is 18.6. The molecule has 6 heteroatoms. The van der Waals surface area contributed by atoms with Crippen molar-refractivity contribution in [3.05, 3.63) is 131 Å². The van der Waals surface area contributed by atoms with Crippen molar-refractivity contribution in [1.29, 1.82) is 0 Å². The molecule has 0 amide bonds. The van der Waals surface area contributed by atoms with Gasteiger partial charge in [0.2, 0.25) is 0 Å². The Hall–Kier alpha value is -5.10. The van der Waals surface area contributed by atoms with E-state index in [0.717, 1.165) is 27.8 Å². The number of phenols is 2. The lowest BCUT2D eigenvalue weighted by Gasteiger charge is -2.35. The van der Waals surface area contributed by atoms with Crippen LogP contribution < -0.4 is 9.47 Å². The summed E-state index contributed by atoms with van der Waals surface area (Å²) in [5.41, 5.74) is 3.89. The van der Waals surface area contributed by atoms with E-state index in [0.29, 0.717) is 5.56 Å². The maximum atomic E-state index is 13.0. The van der Waals surface area contributed by atoms with Crippen LogP contribution in [0.15, 0.2) is 109 Å². The zero-order valence-corrected chi connectivity index (χ0v) is 21.5. The fraction of sp³-hybridized carbons (Fsp3) is 0.0909. The van der Waals surface area contributed by atoms with E-state index in [2.05, 4.69) is 13.2 Å². The Morgan fingerprint density at radius 2 is 1.18 bits per heavy atom. The lowest BCUT2D eigenvalue weighted by atomic mass is 9.67. The predicted molar refractivity (Wildman–Crippen MR) is 148 cm³/mol. The van der Waals surface area contributed by atoms with Gasteiger partial charge in [-0.1, -0.05) is 67.8 Å². The molecule has 0 heterocycles. The third kappa shape index (κ3) is 4.16. The van der Waals surface area contributed by atoms with Crippen molar-refractivity contribution in [3.8, 4) is 34.1 Å². The first-order valence-electron chi connectivity index (χ1n) is 12.3. The molecule has 0 radical (unpaired) electrons. The van der Waals surface area contributed by atoms with Crippen LogP contribution in [-0.2, 0) is 15.0 Å². The number of carbonyl (C=O) groups excluding carboxylic acids is 2. The van der Waals surface area contributed by atoms with E-state index in [1.165, 1.54) is 13.8 Å². The van der Waals surface area contributed by atoms with Crippen LogP contribution in [0.2, 0.25) is 0 Å². The summed E-state index contributed by atoms with van der Waals surface area (Å²) in [6.07, 6.45) is 0. The van der Waals surface area contributed by atoms with Gasteiger partial charge in [-0.05, 0) is 72.0 Å². The second kappa shape index (κ2) is 9.65. The minimum absolute atomic E-state index is 0.0473. The average Bonchev–Trinajstić information content (AvgIpc) is 3.22. The standard InChI is InChI=1S/C33H26O6/c1-19(2)31(36)38-28-18-17-26-25-7-5-6-8-27(25)33(21-9-13-23(34)14-10-21,22-11-15-24(35)16-12-22)29(26)30(28)39-32(37)20(3)4/h5-18,34-35H,1,3H2,2,4H3. The second-order valence-electron chi connectivity index (χ2n) is 9.54. The monoisotopic (exact) mass is 518 g/mol. The van der Waals surface area contributed by atoms with Crippen molar-refractivity contribution in [3.63, 3.8) is 0 Å². The summed E-state index contributed by atoms with van der Waals surface area (Å²) in [5.74, 6) is -1.07. The number of aromatic hydroxyl groups is 2. The van der Waals surface area contributed by atoms with Gasteiger partial charge >= 0.3 is 11.9 Å². The summed E-state index contributed by atoms with van der Waals surface area (Å²) in [5, 5.41) is 20.3. The van der Waals surface area contributed by atoms with Crippen LogP contribution in [-0.4, -0.2) is 22.2 Å². The Morgan fingerprint density at radius 3 is 1.72 bits per heavy atom. The van der Waals surface area contributed by atoms with Crippen LogP contribution in [0.4, 0.5) is 0 Å². The maximum Gasteiger partial charge on any atom is 0.338 e. The highest BCUT2D eigenvalue weighted by Gasteiger charge is 2.49. The van der Waals surface area contributed by atoms with Crippen molar-refractivity contribution < 1.29 is 29.3 Å². The number of hydrogen-bond donors (Lipinski definition) is 2. The Balaban J connectivity index is 1.95. The van der Waals surface area contributed by atoms with Gasteiger partial charge in [-0.3, -0.25) is 0 Å². The number of benzene rings is 4. The summed E-state index contributed by atoms with van der Waals surface area (Å²) in [6.45, 7) is 10.5. The average molecular weight is 519 g/mol. The first kappa shape index (κ1) is 25.5. The van der Waals surface area contributed by atoms with Gasteiger partial charge in [0, 0.05) is 16.7 Å². The second-order valence-corrected chi connectivity index (χ2v) is 9.54. The van der Waals surface area contributed by atoms with Crippen LogP contribution in [0.25, 0.3) is 11.1 Å². The number of phenolic OH excluding ortho intramolecular Hbond substituents is 2. The highest BCUT2D eigenvalue weighted by Crippen LogP contribution is 2.60. The molecule has 4 aromatic rings. The van der Waals surface area contributed by atoms with E-state index in [4.69, 9.17) is 9.47 Å². The number of esters is 2. The summed E-state index contributed by atoms with van der Waals surface area (Å²) in [4.78, 5) is 25.6. The molecule has 39 heavy (non-hydrogen) atoms. The van der Waals surface area contributed by atoms with E-state index in [1.54, 1.807) is 54.6 Å². The Labute approximate surface area is 226 Å². The smallest absolute Gasteiger partial charge is 0.338 e. The van der Waals surface area contributed by atoms with Crippen LogP contribution in [0.5, 0.6) is 23.0 Å². The normalized spacial score (nSPS) is 12.7. The van der Waals surface area contributed by atoms with Crippen LogP contribution >= 0.6 is 0 Å². The van der Waals surface area contributed by atoms with Gasteiger partial charge in [-0.25, -0.2) is 9.59 Å². The molecule has 0 saturated heterocycles. The highest BCUT2D eigenvalue weighted by atomic mass is 16.6. The number of ether oxygens (including phenoxy) is 2. The molecule has 0 aliphatic heterocycles. The molecule has 5 rings (SSSR count). The summed E-state index contributed by atoms with van der Waals surface area (Å²) in [7, 11) is 0. The molecule has 1 aliphatic rings. The third-order valence-electron chi connectivity index (χ3n) is 6.81. The molecule has 0 saturated carbocycles. The summed E-state index contributed by atoms with van der Waals surface area (Å²) >= 11 is 0. The Kier molecular flexibility index (Phi) is 6.32. The SMILES string of the molecule is C=C(C)C(=O)Oc1ccc2c(c1OC(=O)C(=C)C)C(c1ccc(O)cc1)(c1ccc(O)cc1)c1ccccc1-2. The van der Waals surface area contributed by atoms with Gasteiger partial charge < -0.3 is 19.7 Å². The first-order valence-corrected chi connectivity index (χ1v) is 12.3. The number of carbonyl (C=O) groups is 2. The number of hydrogen-bond acceptors (Lipinski definition) is 6. The number of fused-ring (bicyclic) bond motifs is 3. The molecule has 0 unspecified atom stereocenters. The molecule has 2 N–H and O–H groups in total. The van der Waals surface area contributed by atoms with Crippen molar-refractivity contribution >= 4 is 11.9 Å². The Bertz CT molecular complexity index is 1600. The minimum Gasteiger partial charge on any atom is -0.508 e. The molecule has 0 atom stereocenters. The van der Waals surface area contributed by atoms with Gasteiger partial charge in [-0.15, -0.1) is 0 Å². The zero-order valence-electron chi connectivity index (χ0n) is 21.5. The summed E-state index contributed by atoms with van der Waals surface area (Å²) < 4.78 is 11.7. The lowest BCUT2D eigenvalue weighted by Crippen LogP contribution is -2.30. The molecule has 0 aromatic heterocycles. The Morgan fingerprint density at radius 1 is 0.667 bits per heavy atom. The molecule has 6 nitrogen and oxygen atoms in total. The maximum absolute atomic E-state index is 13.0. The number of rotatable bonds is 6. The van der Waals surface area contributed by atoms with Gasteiger partial charge in [0.25, 0.3) is 0 Å². The fourth-order valence-corrected chi connectivity index (χ4v) is 5.08. The van der Waals surface area contributed by atoms with Crippen LogP contribution in [0.3, 0.4) is 0 Å². The lowest BCUT2D eigenvalue weighted by molar-refractivity contribution is -0.132. The van der Waals surface area contributed by atoms with Gasteiger partial charge in [0.15, 0.2) is 11.5 Å². The van der Waals surface area contributed by atoms with E-state index in [-0.39, 0.29) is 34.1 Å². The molecule has 0 bridgehead atoms. The molecule has 194 valence electrons. The predicted octanol–water partition coefficient (Wildman–Crippen LogP) is 6.42. The van der Waals surface area contributed by atoms with Crippen molar-refractivity contribution in [2.45, 2.75) is 19.3 Å². The van der Waals surface area contributed by atoms with Crippen molar-refractivity contribution in [1.82, 2.24) is 0 Å². The van der Waals surface area contributed by atoms with Crippen molar-refractivity contribution in [2.75, 3.05) is 0 Å². The zero-order chi connectivity index (χ0) is 27.9. The molecule has 0 fully saturated rings. The quantitative estimate of drug-likeness (QED) is 0.153. The van der Waals surface area contributed by atoms with E-state index in [9.17, 15) is 19.8 Å². The van der Waals surface area contributed by atoms with Crippen molar-refractivity contribution in [2.24, 2.45) is 0 Å². The van der Waals surface area contributed by atoms with Crippen LogP contribution in [0.1, 0.15) is 36.1 Å². The molecule has 1 aliphatic carbocycles. The van der Waals surface area contributed by atoms with Gasteiger partial charge in [0.1, 0.15) is 11.5 Å². The van der Waals surface area contributed by atoms with Gasteiger partial charge in [-0.2, -0.15) is 0 Å². The van der Waals surface area contributed by atoms with Gasteiger partial charge in [0.05, 0.1) is 5.41 Å². The molecule has 0 spiro atoms. The molecular weight excluding hydrogens is 492 g/mol. The van der Waals surface area contributed by atoms with Crippen LogP contribution in [0, 0.1) is 0 Å². The van der Waals surface area contributed by atoms with E-state index < -0.39 is 17.4 Å².